The largest absolute Gasteiger partial charge is 0.427 e. The number of halogens is 6. The van der Waals surface area contributed by atoms with Crippen molar-refractivity contribution in [1.29, 1.82) is 0 Å². The topological polar surface area (TPSA) is 24.4 Å². The fourth-order valence-electron chi connectivity index (χ4n) is 2.04. The lowest BCUT2D eigenvalue weighted by Gasteiger charge is -2.38. The van der Waals surface area contributed by atoms with Crippen molar-refractivity contribution < 1.29 is 26.3 Å². The second-order valence-corrected chi connectivity index (χ2v) is 4.07. The summed E-state index contributed by atoms with van der Waals surface area (Å²) in [5, 5.41) is 2.41. The molecule has 0 saturated carbocycles. The molecular formula is C11H8F6N2. The Morgan fingerprint density at radius 1 is 1.00 bits per heavy atom. The Balaban J connectivity index is 2.83. The van der Waals surface area contributed by atoms with Crippen molar-refractivity contribution in [2.75, 3.05) is 5.32 Å². The minimum absolute atomic E-state index is 0.246. The summed E-state index contributed by atoms with van der Waals surface area (Å²) in [6.45, 7) is 1.06. The first-order valence-electron chi connectivity index (χ1n) is 5.16. The number of fused-ring (bicyclic) bond motifs is 1. The van der Waals surface area contributed by atoms with Crippen LogP contribution in [0.15, 0.2) is 29.3 Å². The molecule has 1 N–H and O–H groups in total. The van der Waals surface area contributed by atoms with Crippen LogP contribution in [-0.2, 0) is 5.54 Å². The third kappa shape index (κ3) is 1.85. The summed E-state index contributed by atoms with van der Waals surface area (Å²) in [5.41, 5.74) is -5.41. The Morgan fingerprint density at radius 3 is 2.05 bits per heavy atom. The normalized spacial score (nSPS) is 18.4. The third-order valence-corrected chi connectivity index (χ3v) is 2.79. The summed E-state index contributed by atoms with van der Waals surface area (Å²) in [7, 11) is 0. The zero-order valence-corrected chi connectivity index (χ0v) is 9.52. The lowest BCUT2D eigenvalue weighted by molar-refractivity contribution is -0.300. The summed E-state index contributed by atoms with van der Waals surface area (Å²) in [5.74, 6) is -0.437. The van der Waals surface area contributed by atoms with Gasteiger partial charge in [-0.3, -0.25) is 0 Å². The SMILES string of the molecule is CC1=NC(C(F)(F)F)(C(F)(F)F)c2ccccc2N1. The van der Waals surface area contributed by atoms with Crippen molar-refractivity contribution in [2.45, 2.75) is 24.8 Å². The number of anilines is 1. The van der Waals surface area contributed by atoms with Gasteiger partial charge in [-0.25, -0.2) is 4.99 Å². The van der Waals surface area contributed by atoms with Gasteiger partial charge in [0.05, 0.1) is 5.84 Å². The average Bonchev–Trinajstić information content (AvgIpc) is 2.24. The highest BCUT2D eigenvalue weighted by atomic mass is 19.4. The van der Waals surface area contributed by atoms with Crippen molar-refractivity contribution in [1.82, 2.24) is 0 Å². The van der Waals surface area contributed by atoms with Gasteiger partial charge in [0.1, 0.15) is 0 Å². The highest BCUT2D eigenvalue weighted by Crippen LogP contribution is 2.56. The van der Waals surface area contributed by atoms with Crippen molar-refractivity contribution in [3.8, 4) is 0 Å². The van der Waals surface area contributed by atoms with Crippen LogP contribution < -0.4 is 5.32 Å². The van der Waals surface area contributed by atoms with Crippen molar-refractivity contribution in [2.24, 2.45) is 4.99 Å². The van der Waals surface area contributed by atoms with Gasteiger partial charge < -0.3 is 5.32 Å². The number of amidine groups is 1. The van der Waals surface area contributed by atoms with Gasteiger partial charge in [0.25, 0.3) is 5.54 Å². The molecule has 1 heterocycles. The van der Waals surface area contributed by atoms with Gasteiger partial charge in [0.15, 0.2) is 0 Å². The Hall–Kier alpha value is -1.73. The van der Waals surface area contributed by atoms with Crippen LogP contribution in [0.5, 0.6) is 0 Å². The van der Waals surface area contributed by atoms with E-state index in [1.165, 1.54) is 6.07 Å². The molecule has 19 heavy (non-hydrogen) atoms. The molecule has 0 fully saturated rings. The summed E-state index contributed by atoms with van der Waals surface area (Å²) >= 11 is 0. The van der Waals surface area contributed by atoms with E-state index < -0.39 is 29.3 Å². The second kappa shape index (κ2) is 3.88. The molecule has 8 heteroatoms. The molecule has 104 valence electrons. The van der Waals surface area contributed by atoms with Gasteiger partial charge in [-0.15, -0.1) is 0 Å². The Morgan fingerprint density at radius 2 is 1.53 bits per heavy atom. The average molecular weight is 282 g/mol. The van der Waals surface area contributed by atoms with Gasteiger partial charge in [-0.2, -0.15) is 26.3 Å². The quantitative estimate of drug-likeness (QED) is 0.718. The fraction of sp³-hybridized carbons (Fsp3) is 0.364. The minimum atomic E-state index is -5.58. The summed E-state index contributed by atoms with van der Waals surface area (Å²) in [6.07, 6.45) is -11.2. The molecule has 0 unspecified atom stereocenters. The van der Waals surface area contributed by atoms with Crippen molar-refractivity contribution in [3.05, 3.63) is 29.8 Å². The smallest absolute Gasteiger partial charge is 0.344 e. The Labute approximate surface area is 104 Å². The molecule has 1 aliphatic heterocycles. The molecular weight excluding hydrogens is 274 g/mol. The highest BCUT2D eigenvalue weighted by Gasteiger charge is 2.73. The summed E-state index contributed by atoms with van der Waals surface area (Å²) in [6, 6.07) is 4.39. The van der Waals surface area contributed by atoms with Crippen LogP contribution in [0.3, 0.4) is 0 Å². The molecule has 1 aromatic rings. The van der Waals surface area contributed by atoms with E-state index in [4.69, 9.17) is 0 Å². The second-order valence-electron chi connectivity index (χ2n) is 4.07. The minimum Gasteiger partial charge on any atom is -0.344 e. The lowest BCUT2D eigenvalue weighted by Crippen LogP contribution is -2.55. The molecule has 2 nitrogen and oxygen atoms in total. The molecule has 1 aromatic carbocycles. The first-order valence-corrected chi connectivity index (χ1v) is 5.16. The van der Waals surface area contributed by atoms with Crippen LogP contribution in [0, 0.1) is 0 Å². The summed E-state index contributed by atoms with van der Waals surface area (Å²) in [4.78, 5) is 2.85. The van der Waals surface area contributed by atoms with Crippen LogP contribution in [0.2, 0.25) is 0 Å². The van der Waals surface area contributed by atoms with E-state index in [1.807, 2.05) is 0 Å². The maximum Gasteiger partial charge on any atom is 0.427 e. The molecule has 0 spiro atoms. The van der Waals surface area contributed by atoms with E-state index in [9.17, 15) is 26.3 Å². The van der Waals surface area contributed by atoms with Gasteiger partial charge in [0.2, 0.25) is 0 Å². The number of para-hydroxylation sites is 1. The van der Waals surface area contributed by atoms with Crippen LogP contribution in [0.25, 0.3) is 0 Å². The van der Waals surface area contributed by atoms with Gasteiger partial charge in [-0.05, 0) is 13.0 Å². The molecule has 0 amide bonds. The highest BCUT2D eigenvalue weighted by molar-refractivity contribution is 5.97. The molecule has 0 aliphatic carbocycles. The number of hydrogen-bond acceptors (Lipinski definition) is 2. The van der Waals surface area contributed by atoms with Crippen molar-refractivity contribution in [3.63, 3.8) is 0 Å². The number of benzene rings is 1. The zero-order chi connectivity index (χ0) is 14.5. The number of rotatable bonds is 0. The van der Waals surface area contributed by atoms with E-state index in [0.29, 0.717) is 0 Å². The van der Waals surface area contributed by atoms with E-state index in [1.54, 1.807) is 0 Å². The standard InChI is InChI=1S/C11H8F6N2/c1-6-18-8-5-3-2-4-7(8)9(19-6,10(12,13)14)11(15,16)17/h2-5H,1H3,(H,18,19). The zero-order valence-electron chi connectivity index (χ0n) is 9.52. The van der Waals surface area contributed by atoms with Crippen LogP contribution in [-0.4, -0.2) is 18.2 Å². The molecule has 0 radical (unpaired) electrons. The van der Waals surface area contributed by atoms with Gasteiger partial charge in [0, 0.05) is 11.3 Å². The number of hydrogen-bond donors (Lipinski definition) is 1. The lowest BCUT2D eigenvalue weighted by atomic mass is 9.86. The van der Waals surface area contributed by atoms with E-state index in [2.05, 4.69) is 10.3 Å². The number of aliphatic imine (C=N–C) groups is 1. The number of nitrogens with zero attached hydrogens (tertiary/aromatic N) is 1. The maximum absolute atomic E-state index is 13.1. The van der Waals surface area contributed by atoms with E-state index in [-0.39, 0.29) is 5.69 Å². The van der Waals surface area contributed by atoms with E-state index >= 15 is 0 Å². The number of nitrogens with one attached hydrogen (secondary N) is 1. The van der Waals surface area contributed by atoms with Crippen LogP contribution in [0.4, 0.5) is 32.0 Å². The van der Waals surface area contributed by atoms with Crippen molar-refractivity contribution >= 4 is 11.5 Å². The van der Waals surface area contributed by atoms with E-state index in [0.717, 1.165) is 25.1 Å². The monoisotopic (exact) mass is 282 g/mol. The Kier molecular flexibility index (Phi) is 2.80. The first-order chi connectivity index (χ1) is 8.59. The molecule has 0 bridgehead atoms. The Bertz CT molecular complexity index is 515. The molecule has 0 aromatic heterocycles. The number of alkyl halides is 6. The molecule has 0 atom stereocenters. The molecule has 1 aliphatic rings. The van der Waals surface area contributed by atoms with Gasteiger partial charge in [-0.1, -0.05) is 18.2 Å². The molecule has 0 saturated heterocycles. The predicted molar refractivity (Wildman–Crippen MR) is 57.0 cm³/mol. The first kappa shape index (κ1) is 13.7. The van der Waals surface area contributed by atoms with Gasteiger partial charge >= 0.3 is 12.4 Å². The maximum atomic E-state index is 13.1. The van der Waals surface area contributed by atoms with Crippen LogP contribution >= 0.6 is 0 Å². The molecule has 2 rings (SSSR count). The fourth-order valence-corrected chi connectivity index (χ4v) is 2.04. The third-order valence-electron chi connectivity index (χ3n) is 2.79. The van der Waals surface area contributed by atoms with Crippen LogP contribution in [0.1, 0.15) is 12.5 Å². The predicted octanol–water partition coefficient (Wildman–Crippen LogP) is 3.85. The summed E-state index contributed by atoms with van der Waals surface area (Å²) < 4.78 is 78.5.